The lowest BCUT2D eigenvalue weighted by Crippen LogP contribution is -2.47. The minimum absolute atomic E-state index is 0.0154. The number of carbonyl (C=O) groups is 2. The zero-order chi connectivity index (χ0) is 25.4. The van der Waals surface area contributed by atoms with Gasteiger partial charge in [-0.3, -0.25) is 9.59 Å². The quantitative estimate of drug-likeness (QED) is 0.652. The van der Waals surface area contributed by atoms with Gasteiger partial charge in [0.25, 0.3) is 11.8 Å². The van der Waals surface area contributed by atoms with E-state index in [1.807, 2.05) is 4.90 Å². The Labute approximate surface area is 212 Å². The van der Waals surface area contributed by atoms with E-state index >= 15 is 0 Å². The number of likely N-dealkylation sites (tertiary alicyclic amines) is 2. The predicted octanol–water partition coefficient (Wildman–Crippen LogP) is 2.87. The average molecular weight is 521 g/mol. The van der Waals surface area contributed by atoms with Gasteiger partial charge in [0.05, 0.1) is 11.1 Å². The van der Waals surface area contributed by atoms with E-state index in [0.717, 1.165) is 6.07 Å². The van der Waals surface area contributed by atoms with Crippen LogP contribution in [0, 0.1) is 11.6 Å². The molecule has 2 aromatic rings. The molecule has 5 rings (SSSR count). The number of halogens is 3. The number of hydrogen-bond donors (Lipinski definition) is 1. The fraction of sp³-hybridized carbons (Fsp3) is 0.480. The van der Waals surface area contributed by atoms with Gasteiger partial charge in [0.1, 0.15) is 0 Å². The molecule has 3 saturated heterocycles. The lowest BCUT2D eigenvalue weighted by Gasteiger charge is -2.37. The Balaban J connectivity index is 1.17. The van der Waals surface area contributed by atoms with Crippen LogP contribution in [-0.2, 0) is 4.79 Å². The molecule has 0 saturated carbocycles. The largest absolute Gasteiger partial charge is 0.477 e. The first-order valence-electron chi connectivity index (χ1n) is 12.1. The molecule has 0 radical (unpaired) electrons. The molecule has 3 aliphatic rings. The topological polar surface area (TPSA) is 86.2 Å². The Bertz CT molecular complexity index is 1160. The summed E-state index contributed by atoms with van der Waals surface area (Å²) in [4.78, 5) is 34.8. The molecule has 3 fully saturated rings. The Morgan fingerprint density at radius 2 is 1.83 bits per heavy atom. The van der Waals surface area contributed by atoms with Gasteiger partial charge in [0, 0.05) is 56.9 Å². The Morgan fingerprint density at radius 1 is 1.06 bits per heavy atom. The lowest BCUT2D eigenvalue weighted by molar-refractivity contribution is -0.135. The highest BCUT2D eigenvalue weighted by Crippen LogP contribution is 2.29. The van der Waals surface area contributed by atoms with Crippen molar-refractivity contribution in [3.8, 4) is 5.75 Å². The van der Waals surface area contributed by atoms with Crippen molar-refractivity contribution in [1.29, 1.82) is 0 Å². The lowest BCUT2D eigenvalue weighted by atomic mass is 10.0. The number of amides is 2. The molecular weight excluding hydrogens is 494 g/mol. The monoisotopic (exact) mass is 520 g/mol. The molecule has 2 amide bonds. The van der Waals surface area contributed by atoms with Crippen molar-refractivity contribution < 1.29 is 28.2 Å². The molecule has 1 aromatic carbocycles. The first-order chi connectivity index (χ1) is 17.3. The number of aliphatic hydroxyl groups is 1. The fourth-order valence-electron chi connectivity index (χ4n) is 5.17. The third-order valence-electron chi connectivity index (χ3n) is 7.08. The molecule has 0 spiro atoms. The predicted molar refractivity (Wildman–Crippen MR) is 128 cm³/mol. The SMILES string of the molecule is O=C(c1ccc(OC2CCN(C3CCN(c4ncc(Cl)cc4F)CC3)C2=O)c(F)c1)N1CC[C@@H](O)C1. The molecule has 2 atom stereocenters. The van der Waals surface area contributed by atoms with Gasteiger partial charge in [-0.25, -0.2) is 13.8 Å². The summed E-state index contributed by atoms with van der Waals surface area (Å²) in [7, 11) is 0. The van der Waals surface area contributed by atoms with Crippen LogP contribution < -0.4 is 9.64 Å². The molecule has 1 unspecified atom stereocenters. The first kappa shape index (κ1) is 24.7. The van der Waals surface area contributed by atoms with Gasteiger partial charge >= 0.3 is 0 Å². The highest BCUT2D eigenvalue weighted by molar-refractivity contribution is 6.30. The van der Waals surface area contributed by atoms with Crippen LogP contribution in [0.5, 0.6) is 5.75 Å². The molecule has 0 aliphatic carbocycles. The van der Waals surface area contributed by atoms with E-state index in [1.54, 1.807) is 4.90 Å². The van der Waals surface area contributed by atoms with Crippen LogP contribution in [0.3, 0.4) is 0 Å². The third kappa shape index (κ3) is 4.97. The van der Waals surface area contributed by atoms with Gasteiger partial charge in [-0.05, 0) is 43.5 Å². The number of anilines is 1. The zero-order valence-corrected chi connectivity index (χ0v) is 20.3. The van der Waals surface area contributed by atoms with Gasteiger partial charge < -0.3 is 24.5 Å². The van der Waals surface area contributed by atoms with E-state index in [1.165, 1.54) is 29.3 Å². The number of ether oxygens (including phenoxy) is 1. The van der Waals surface area contributed by atoms with Gasteiger partial charge in [-0.1, -0.05) is 11.6 Å². The van der Waals surface area contributed by atoms with E-state index in [0.29, 0.717) is 51.9 Å². The number of pyridine rings is 1. The van der Waals surface area contributed by atoms with Gasteiger partial charge in [0.15, 0.2) is 29.3 Å². The molecule has 36 heavy (non-hydrogen) atoms. The van der Waals surface area contributed by atoms with E-state index in [2.05, 4.69) is 4.98 Å². The number of piperidine rings is 1. The number of rotatable bonds is 5. The van der Waals surface area contributed by atoms with Gasteiger partial charge in [0.2, 0.25) is 0 Å². The van der Waals surface area contributed by atoms with Crippen LogP contribution >= 0.6 is 11.6 Å². The van der Waals surface area contributed by atoms with E-state index < -0.39 is 23.8 Å². The van der Waals surface area contributed by atoms with Crippen molar-refractivity contribution in [2.75, 3.05) is 37.6 Å². The molecule has 1 aromatic heterocycles. The number of hydrogen-bond acceptors (Lipinski definition) is 6. The second kappa shape index (κ2) is 10.2. The van der Waals surface area contributed by atoms with Crippen molar-refractivity contribution >= 4 is 29.2 Å². The number of nitrogens with zero attached hydrogens (tertiary/aromatic N) is 4. The van der Waals surface area contributed by atoms with Gasteiger partial charge in [-0.15, -0.1) is 0 Å². The van der Waals surface area contributed by atoms with Crippen LogP contribution in [0.1, 0.15) is 36.0 Å². The molecular formula is C25H27ClF2N4O4. The standard InChI is InChI=1S/C25H27ClF2N4O4/c26-16-12-20(28)23(29-13-16)30-7-3-17(4-8-30)32-10-6-22(25(32)35)36-21-2-1-15(11-19(21)27)24(34)31-9-5-18(33)14-31/h1-2,11-13,17-18,22,33H,3-10,14H2/t18-,22?/m1/s1. The first-order valence-corrected chi connectivity index (χ1v) is 12.5. The fourth-order valence-corrected chi connectivity index (χ4v) is 5.31. The van der Waals surface area contributed by atoms with E-state index in [4.69, 9.17) is 16.3 Å². The van der Waals surface area contributed by atoms with Crippen LogP contribution in [0.4, 0.5) is 14.6 Å². The normalized spacial score (nSPS) is 23.0. The second-order valence-corrected chi connectivity index (χ2v) is 9.88. The van der Waals surface area contributed by atoms with Crippen molar-refractivity contribution in [3.63, 3.8) is 0 Å². The van der Waals surface area contributed by atoms with Crippen molar-refractivity contribution in [2.45, 2.75) is 43.9 Å². The Morgan fingerprint density at radius 3 is 2.50 bits per heavy atom. The van der Waals surface area contributed by atoms with Crippen LogP contribution in [0.25, 0.3) is 0 Å². The highest BCUT2D eigenvalue weighted by Gasteiger charge is 2.39. The zero-order valence-electron chi connectivity index (χ0n) is 19.6. The summed E-state index contributed by atoms with van der Waals surface area (Å²) in [5.74, 6) is -1.55. The second-order valence-electron chi connectivity index (χ2n) is 9.44. The third-order valence-corrected chi connectivity index (χ3v) is 7.29. The van der Waals surface area contributed by atoms with Crippen molar-refractivity contribution in [1.82, 2.24) is 14.8 Å². The van der Waals surface area contributed by atoms with Crippen molar-refractivity contribution in [3.05, 3.63) is 52.7 Å². The molecule has 192 valence electrons. The Hall–Kier alpha value is -2.98. The summed E-state index contributed by atoms with van der Waals surface area (Å²) in [6.07, 6.45) is 2.29. The molecule has 4 heterocycles. The summed E-state index contributed by atoms with van der Waals surface area (Å²) in [5.41, 5.74) is 0.173. The van der Waals surface area contributed by atoms with E-state index in [-0.39, 0.29) is 46.6 Å². The maximum absolute atomic E-state index is 14.7. The number of aromatic nitrogens is 1. The van der Waals surface area contributed by atoms with Gasteiger partial charge in [-0.2, -0.15) is 0 Å². The van der Waals surface area contributed by atoms with Crippen LogP contribution in [-0.4, -0.2) is 82.7 Å². The summed E-state index contributed by atoms with van der Waals surface area (Å²) < 4.78 is 34.7. The minimum atomic E-state index is -0.803. The number of benzene rings is 1. The molecule has 1 N–H and O–H groups in total. The minimum Gasteiger partial charge on any atom is -0.477 e. The van der Waals surface area contributed by atoms with Crippen LogP contribution in [0.2, 0.25) is 5.02 Å². The summed E-state index contributed by atoms with van der Waals surface area (Å²) >= 11 is 5.79. The summed E-state index contributed by atoms with van der Waals surface area (Å²) in [6, 6.07) is 5.18. The molecule has 0 bridgehead atoms. The summed E-state index contributed by atoms with van der Waals surface area (Å²) in [5, 5.41) is 9.87. The number of β-amino-alcohol motifs (C(OH)–C–C–N with tert-alkyl or cyclic N) is 1. The average Bonchev–Trinajstić information content (AvgIpc) is 3.45. The smallest absolute Gasteiger partial charge is 0.263 e. The number of carbonyl (C=O) groups excluding carboxylic acids is 2. The molecule has 8 nitrogen and oxygen atoms in total. The van der Waals surface area contributed by atoms with E-state index in [9.17, 15) is 23.5 Å². The maximum atomic E-state index is 14.7. The summed E-state index contributed by atoms with van der Waals surface area (Å²) in [6.45, 7) is 2.25. The highest BCUT2D eigenvalue weighted by atomic mass is 35.5. The van der Waals surface area contributed by atoms with Crippen LogP contribution in [0.15, 0.2) is 30.5 Å². The molecule has 3 aliphatic heterocycles. The maximum Gasteiger partial charge on any atom is 0.263 e. The van der Waals surface area contributed by atoms with Crippen molar-refractivity contribution in [2.24, 2.45) is 0 Å². The molecule has 11 heteroatoms. The Kier molecular flexibility index (Phi) is 6.98. The number of aliphatic hydroxyl groups excluding tert-OH is 1.